The predicted molar refractivity (Wildman–Crippen MR) is 63.4 cm³/mol. The molecule has 2 heteroatoms. The molecule has 0 aromatic heterocycles. The van der Waals surface area contributed by atoms with Gasteiger partial charge in [0.2, 0.25) is 0 Å². The first-order valence-electron chi connectivity index (χ1n) is 5.58. The van der Waals surface area contributed by atoms with Crippen LogP contribution in [0.5, 0.6) is 0 Å². The van der Waals surface area contributed by atoms with Crippen molar-refractivity contribution in [2.45, 2.75) is 47.0 Å². The van der Waals surface area contributed by atoms with E-state index < -0.39 is 0 Å². The second-order valence-electron chi connectivity index (χ2n) is 3.82. The van der Waals surface area contributed by atoms with Crippen molar-refractivity contribution >= 4 is 5.97 Å². The maximum Gasteiger partial charge on any atom is 0.310 e. The molecule has 1 atom stereocenters. The van der Waals surface area contributed by atoms with E-state index in [1.54, 1.807) is 6.92 Å². The zero-order valence-electron chi connectivity index (χ0n) is 10.2. The van der Waals surface area contributed by atoms with Crippen molar-refractivity contribution < 1.29 is 9.53 Å². The van der Waals surface area contributed by atoms with Crippen LogP contribution in [-0.2, 0) is 9.53 Å². The lowest BCUT2D eigenvalue weighted by atomic mass is 10.0. The Hall–Kier alpha value is -1.05. The third-order valence-electron chi connectivity index (χ3n) is 2.38. The van der Waals surface area contributed by atoms with Crippen LogP contribution in [-0.4, -0.2) is 5.97 Å². The molecule has 0 aromatic rings. The zero-order chi connectivity index (χ0) is 11.7. The fourth-order valence-electron chi connectivity index (χ4n) is 1.03. The van der Waals surface area contributed by atoms with Gasteiger partial charge in [-0.3, -0.25) is 4.79 Å². The summed E-state index contributed by atoms with van der Waals surface area (Å²) in [7, 11) is 0. The van der Waals surface area contributed by atoms with E-state index in [-0.39, 0.29) is 5.97 Å². The minimum atomic E-state index is -0.178. The van der Waals surface area contributed by atoms with Gasteiger partial charge in [0.1, 0.15) is 0 Å². The van der Waals surface area contributed by atoms with E-state index in [2.05, 4.69) is 26.8 Å². The smallest absolute Gasteiger partial charge is 0.310 e. The highest BCUT2D eigenvalue weighted by molar-refractivity contribution is 5.69. The lowest BCUT2D eigenvalue weighted by molar-refractivity contribution is -0.137. The Morgan fingerprint density at radius 2 is 2.13 bits per heavy atom. The van der Waals surface area contributed by atoms with Gasteiger partial charge in [-0.05, 0) is 38.7 Å². The number of allylic oxidation sites excluding steroid dienone is 3. The SMILES string of the molecule is C/C=C(\C)CCC(C)/C=C/OC(=O)CC. The van der Waals surface area contributed by atoms with E-state index in [1.165, 1.54) is 11.8 Å². The van der Waals surface area contributed by atoms with Crippen LogP contribution < -0.4 is 0 Å². The van der Waals surface area contributed by atoms with Crippen LogP contribution in [0.3, 0.4) is 0 Å². The van der Waals surface area contributed by atoms with E-state index in [9.17, 15) is 4.79 Å². The van der Waals surface area contributed by atoms with Crippen molar-refractivity contribution in [2.24, 2.45) is 5.92 Å². The maximum atomic E-state index is 10.8. The number of esters is 1. The van der Waals surface area contributed by atoms with Crippen molar-refractivity contribution in [3.05, 3.63) is 24.0 Å². The Labute approximate surface area is 93.0 Å². The molecule has 0 radical (unpaired) electrons. The van der Waals surface area contributed by atoms with Crippen molar-refractivity contribution in [1.29, 1.82) is 0 Å². The lowest BCUT2D eigenvalue weighted by Gasteiger charge is -2.05. The largest absolute Gasteiger partial charge is 0.435 e. The topological polar surface area (TPSA) is 26.3 Å². The monoisotopic (exact) mass is 210 g/mol. The van der Waals surface area contributed by atoms with E-state index >= 15 is 0 Å². The molecule has 0 N–H and O–H groups in total. The first kappa shape index (κ1) is 13.9. The normalized spacial score (nSPS) is 14.3. The van der Waals surface area contributed by atoms with E-state index in [0.717, 1.165) is 12.8 Å². The van der Waals surface area contributed by atoms with Gasteiger partial charge in [-0.1, -0.05) is 25.5 Å². The van der Waals surface area contributed by atoms with Gasteiger partial charge in [0.05, 0.1) is 6.26 Å². The fourth-order valence-corrected chi connectivity index (χ4v) is 1.03. The minimum Gasteiger partial charge on any atom is -0.435 e. The summed E-state index contributed by atoms with van der Waals surface area (Å²) in [5.74, 6) is 0.271. The molecule has 0 aromatic carbocycles. The molecule has 0 amide bonds. The molecule has 0 saturated carbocycles. The highest BCUT2D eigenvalue weighted by atomic mass is 16.5. The number of hydrogen-bond donors (Lipinski definition) is 0. The molecule has 0 saturated heterocycles. The second-order valence-corrected chi connectivity index (χ2v) is 3.82. The molecule has 0 heterocycles. The standard InChI is InChI=1S/C13H22O2/c1-5-11(3)7-8-12(4)9-10-15-13(14)6-2/h5,9-10,12H,6-8H2,1-4H3/b10-9+,11-5+. The van der Waals surface area contributed by atoms with Gasteiger partial charge in [0, 0.05) is 6.42 Å². The third kappa shape index (κ3) is 7.98. The predicted octanol–water partition coefficient (Wildman–Crippen LogP) is 3.84. The molecule has 0 spiro atoms. The van der Waals surface area contributed by atoms with Crippen molar-refractivity contribution in [3.63, 3.8) is 0 Å². The Morgan fingerprint density at radius 3 is 2.67 bits per heavy atom. The Bertz CT molecular complexity index is 239. The molecule has 86 valence electrons. The molecule has 0 bridgehead atoms. The van der Waals surface area contributed by atoms with Gasteiger partial charge in [-0.2, -0.15) is 0 Å². The molecule has 0 aliphatic carbocycles. The molecule has 2 nitrogen and oxygen atoms in total. The van der Waals surface area contributed by atoms with Gasteiger partial charge in [0.25, 0.3) is 0 Å². The van der Waals surface area contributed by atoms with Crippen LogP contribution in [0.4, 0.5) is 0 Å². The van der Waals surface area contributed by atoms with Gasteiger partial charge in [-0.25, -0.2) is 0 Å². The number of rotatable bonds is 6. The molecule has 15 heavy (non-hydrogen) atoms. The van der Waals surface area contributed by atoms with Crippen LogP contribution in [0.15, 0.2) is 24.0 Å². The van der Waals surface area contributed by atoms with Crippen LogP contribution >= 0.6 is 0 Å². The molecule has 0 aliphatic heterocycles. The van der Waals surface area contributed by atoms with Gasteiger partial charge in [0.15, 0.2) is 0 Å². The summed E-state index contributed by atoms with van der Waals surface area (Å²) in [6.07, 6.45) is 8.21. The Kier molecular flexibility index (Phi) is 7.69. The van der Waals surface area contributed by atoms with Gasteiger partial charge < -0.3 is 4.74 Å². The quantitative estimate of drug-likeness (QED) is 0.378. The number of carbonyl (C=O) groups is 1. The molecule has 0 rings (SSSR count). The first-order chi connectivity index (χ1) is 7.10. The lowest BCUT2D eigenvalue weighted by Crippen LogP contribution is -1.97. The molecule has 1 unspecified atom stereocenters. The summed E-state index contributed by atoms with van der Waals surface area (Å²) in [4.78, 5) is 10.8. The maximum absolute atomic E-state index is 10.8. The third-order valence-corrected chi connectivity index (χ3v) is 2.38. The summed E-state index contributed by atoms with van der Waals surface area (Å²) < 4.78 is 4.86. The number of hydrogen-bond acceptors (Lipinski definition) is 2. The average molecular weight is 210 g/mol. The van der Waals surface area contributed by atoms with Crippen LogP contribution in [0.2, 0.25) is 0 Å². The average Bonchev–Trinajstić information content (AvgIpc) is 2.25. The molecular formula is C13H22O2. The zero-order valence-corrected chi connectivity index (χ0v) is 10.2. The van der Waals surface area contributed by atoms with Gasteiger partial charge in [-0.15, -0.1) is 0 Å². The highest BCUT2D eigenvalue weighted by Gasteiger charge is 1.99. The van der Waals surface area contributed by atoms with Crippen LogP contribution in [0.1, 0.15) is 47.0 Å². The van der Waals surface area contributed by atoms with E-state index in [1.807, 2.05) is 6.08 Å². The van der Waals surface area contributed by atoms with Crippen LogP contribution in [0.25, 0.3) is 0 Å². The summed E-state index contributed by atoms with van der Waals surface area (Å²) in [6.45, 7) is 8.10. The van der Waals surface area contributed by atoms with Gasteiger partial charge >= 0.3 is 5.97 Å². The summed E-state index contributed by atoms with van der Waals surface area (Å²) in [5.41, 5.74) is 1.40. The van der Waals surface area contributed by atoms with Crippen molar-refractivity contribution in [2.75, 3.05) is 0 Å². The Morgan fingerprint density at radius 1 is 1.47 bits per heavy atom. The molecule has 0 fully saturated rings. The number of carbonyl (C=O) groups excluding carboxylic acids is 1. The van der Waals surface area contributed by atoms with E-state index in [0.29, 0.717) is 12.3 Å². The molecule has 0 aliphatic rings. The van der Waals surface area contributed by atoms with Crippen molar-refractivity contribution in [3.8, 4) is 0 Å². The first-order valence-corrected chi connectivity index (χ1v) is 5.58. The summed E-state index contributed by atoms with van der Waals surface area (Å²) in [5, 5.41) is 0. The minimum absolute atomic E-state index is 0.178. The Balaban J connectivity index is 3.73. The second kappa shape index (κ2) is 8.27. The van der Waals surface area contributed by atoms with Crippen LogP contribution in [0, 0.1) is 5.92 Å². The highest BCUT2D eigenvalue weighted by Crippen LogP contribution is 2.12. The van der Waals surface area contributed by atoms with E-state index in [4.69, 9.17) is 4.74 Å². The van der Waals surface area contributed by atoms with Crippen molar-refractivity contribution in [1.82, 2.24) is 0 Å². The summed E-state index contributed by atoms with van der Waals surface area (Å²) >= 11 is 0. The fraction of sp³-hybridized carbons (Fsp3) is 0.615. The summed E-state index contributed by atoms with van der Waals surface area (Å²) in [6, 6.07) is 0. The number of ether oxygens (including phenoxy) is 1. The molecular weight excluding hydrogens is 188 g/mol.